The van der Waals surface area contributed by atoms with Gasteiger partial charge in [-0.15, -0.1) is 0 Å². The summed E-state index contributed by atoms with van der Waals surface area (Å²) in [6.45, 7) is 0.768. The minimum absolute atomic E-state index is 0.211. The molecule has 3 aromatic carbocycles. The van der Waals surface area contributed by atoms with Crippen LogP contribution in [0.4, 0.5) is 18.9 Å². The van der Waals surface area contributed by atoms with E-state index >= 15 is 0 Å². The first kappa shape index (κ1) is 26.5. The molecule has 6 nitrogen and oxygen atoms in total. The number of hydrazone groups is 1. The molecule has 0 radical (unpaired) electrons. The molecule has 0 bridgehead atoms. The Balaban J connectivity index is 1.96. The highest BCUT2D eigenvalue weighted by atomic mass is 35.5. The molecule has 35 heavy (non-hydrogen) atoms. The van der Waals surface area contributed by atoms with Gasteiger partial charge in [0.15, 0.2) is 0 Å². The quantitative estimate of drug-likeness (QED) is 0.304. The molecule has 0 unspecified atom stereocenters. The number of rotatable bonds is 7. The van der Waals surface area contributed by atoms with Crippen LogP contribution in [0.1, 0.15) is 18.1 Å². The maximum atomic E-state index is 13.4. The van der Waals surface area contributed by atoms with E-state index in [9.17, 15) is 26.4 Å². The van der Waals surface area contributed by atoms with E-state index in [2.05, 4.69) is 10.5 Å². The fourth-order valence-electron chi connectivity index (χ4n) is 2.99. The molecule has 3 rings (SSSR count). The van der Waals surface area contributed by atoms with Crippen molar-refractivity contribution in [2.75, 3.05) is 10.8 Å². The maximum absolute atomic E-state index is 13.4. The van der Waals surface area contributed by atoms with E-state index in [4.69, 9.17) is 23.2 Å². The lowest BCUT2D eigenvalue weighted by molar-refractivity contribution is -0.137. The van der Waals surface area contributed by atoms with Gasteiger partial charge < -0.3 is 0 Å². The summed E-state index contributed by atoms with van der Waals surface area (Å²) < 4.78 is 67.4. The molecule has 0 aliphatic rings. The van der Waals surface area contributed by atoms with Crippen molar-refractivity contribution in [2.24, 2.45) is 5.10 Å². The number of nitrogens with zero attached hydrogens (tertiary/aromatic N) is 2. The largest absolute Gasteiger partial charge is 0.417 e. The summed E-state index contributed by atoms with van der Waals surface area (Å²) in [6, 6.07) is 16.2. The van der Waals surface area contributed by atoms with Gasteiger partial charge in [0.25, 0.3) is 15.9 Å². The average molecular weight is 544 g/mol. The molecule has 0 aliphatic heterocycles. The molecule has 0 atom stereocenters. The zero-order valence-corrected chi connectivity index (χ0v) is 20.4. The highest BCUT2D eigenvalue weighted by molar-refractivity contribution is 7.92. The minimum Gasteiger partial charge on any atom is -0.271 e. The first-order valence-electron chi connectivity index (χ1n) is 9.93. The van der Waals surface area contributed by atoms with Gasteiger partial charge in [-0.25, -0.2) is 13.8 Å². The summed E-state index contributed by atoms with van der Waals surface area (Å²) in [4.78, 5) is 12.4. The van der Waals surface area contributed by atoms with E-state index in [-0.39, 0.29) is 10.6 Å². The third kappa shape index (κ3) is 6.53. The number of benzene rings is 3. The van der Waals surface area contributed by atoms with Crippen LogP contribution in [0.2, 0.25) is 10.0 Å². The van der Waals surface area contributed by atoms with Crippen molar-refractivity contribution in [1.29, 1.82) is 0 Å². The molecule has 0 saturated carbocycles. The van der Waals surface area contributed by atoms with E-state index in [1.165, 1.54) is 24.3 Å². The van der Waals surface area contributed by atoms with Crippen LogP contribution < -0.4 is 9.73 Å². The van der Waals surface area contributed by atoms with Gasteiger partial charge in [-0.05, 0) is 55.0 Å². The van der Waals surface area contributed by atoms with Crippen molar-refractivity contribution in [3.63, 3.8) is 0 Å². The van der Waals surface area contributed by atoms with Crippen molar-refractivity contribution in [1.82, 2.24) is 5.43 Å². The van der Waals surface area contributed by atoms with Crippen molar-refractivity contribution in [3.8, 4) is 0 Å². The molecule has 3 aromatic rings. The Bertz CT molecular complexity index is 1350. The Hall–Kier alpha value is -3.08. The zero-order chi connectivity index (χ0) is 25.8. The highest BCUT2D eigenvalue weighted by Gasteiger charge is 2.35. The van der Waals surface area contributed by atoms with Gasteiger partial charge in [-0.3, -0.25) is 9.10 Å². The van der Waals surface area contributed by atoms with Gasteiger partial charge in [0.1, 0.15) is 6.54 Å². The van der Waals surface area contributed by atoms with Crippen molar-refractivity contribution in [3.05, 3.63) is 94.0 Å². The number of sulfonamides is 1. The van der Waals surface area contributed by atoms with Crippen LogP contribution in [0.3, 0.4) is 0 Å². The molecule has 0 spiro atoms. The monoisotopic (exact) mass is 543 g/mol. The molecule has 1 amide bonds. The predicted octanol–water partition coefficient (Wildman–Crippen LogP) is 5.75. The van der Waals surface area contributed by atoms with E-state index in [0.29, 0.717) is 26.7 Å². The van der Waals surface area contributed by atoms with Crippen LogP contribution in [0.15, 0.2) is 82.8 Å². The second kappa shape index (κ2) is 10.7. The summed E-state index contributed by atoms with van der Waals surface area (Å²) in [5.41, 5.74) is 1.66. The molecular formula is C23H18Cl2F3N3O3S. The van der Waals surface area contributed by atoms with E-state index in [1.54, 1.807) is 37.3 Å². The van der Waals surface area contributed by atoms with Gasteiger partial charge in [-0.1, -0.05) is 53.5 Å². The van der Waals surface area contributed by atoms with E-state index in [0.717, 1.165) is 12.1 Å². The van der Waals surface area contributed by atoms with Crippen LogP contribution in [0, 0.1) is 0 Å². The first-order valence-corrected chi connectivity index (χ1v) is 12.1. The average Bonchev–Trinajstić information content (AvgIpc) is 2.81. The third-order valence-corrected chi connectivity index (χ3v) is 7.14. The Morgan fingerprint density at radius 2 is 1.63 bits per heavy atom. The molecule has 0 aromatic heterocycles. The number of nitrogens with one attached hydrogen (secondary N) is 1. The number of carbonyl (C=O) groups is 1. The number of halogens is 5. The molecule has 0 aliphatic carbocycles. The molecule has 0 heterocycles. The lowest BCUT2D eigenvalue weighted by Crippen LogP contribution is -2.40. The standard InChI is InChI=1S/C23H18Cl2F3N3O3S/c1-15(16-7-9-17(24)10-8-16)29-30-22(32)14-31(35(33,34)19-5-3-2-4-6-19)18-11-12-21(25)20(13-18)23(26,27)28/h2-13H,14H2,1H3,(H,30,32)/b29-15-. The molecule has 0 saturated heterocycles. The van der Waals surface area contributed by atoms with Crippen LogP contribution in [-0.4, -0.2) is 26.6 Å². The Morgan fingerprint density at radius 1 is 1.00 bits per heavy atom. The Morgan fingerprint density at radius 3 is 2.23 bits per heavy atom. The smallest absolute Gasteiger partial charge is 0.271 e. The summed E-state index contributed by atoms with van der Waals surface area (Å²) in [5, 5.41) is 3.85. The normalized spacial score (nSPS) is 12.3. The fraction of sp³-hybridized carbons (Fsp3) is 0.130. The lowest BCUT2D eigenvalue weighted by atomic mass is 10.1. The highest BCUT2D eigenvalue weighted by Crippen LogP contribution is 2.38. The number of alkyl halides is 3. The molecular weight excluding hydrogens is 526 g/mol. The maximum Gasteiger partial charge on any atom is 0.417 e. The molecule has 184 valence electrons. The number of amides is 1. The first-order chi connectivity index (χ1) is 16.4. The van der Waals surface area contributed by atoms with Crippen molar-refractivity contribution >= 4 is 50.5 Å². The fourth-order valence-corrected chi connectivity index (χ4v) is 4.77. The summed E-state index contributed by atoms with van der Waals surface area (Å²) >= 11 is 11.5. The van der Waals surface area contributed by atoms with E-state index in [1.807, 2.05) is 0 Å². The SMILES string of the molecule is C/C(=N/NC(=O)CN(c1ccc(Cl)c(C(F)(F)F)c1)S(=O)(=O)c1ccccc1)c1ccc(Cl)cc1. The second-order valence-electron chi connectivity index (χ2n) is 7.23. The lowest BCUT2D eigenvalue weighted by Gasteiger charge is -2.25. The minimum atomic E-state index is -4.84. The topological polar surface area (TPSA) is 78.8 Å². The van der Waals surface area contributed by atoms with E-state index < -0.39 is 39.2 Å². The summed E-state index contributed by atoms with van der Waals surface area (Å²) in [7, 11) is -4.42. The van der Waals surface area contributed by atoms with Crippen molar-refractivity contribution < 1.29 is 26.4 Å². The second-order valence-corrected chi connectivity index (χ2v) is 9.93. The number of anilines is 1. The van der Waals surface area contributed by atoms with Crippen LogP contribution in [-0.2, 0) is 21.0 Å². The Kier molecular flexibility index (Phi) is 8.09. The zero-order valence-electron chi connectivity index (χ0n) is 18.1. The van der Waals surface area contributed by atoms with Gasteiger partial charge in [0.05, 0.1) is 26.9 Å². The third-order valence-electron chi connectivity index (χ3n) is 4.77. The van der Waals surface area contributed by atoms with Gasteiger partial charge in [-0.2, -0.15) is 18.3 Å². The summed E-state index contributed by atoms with van der Waals surface area (Å²) in [5.74, 6) is -0.874. The predicted molar refractivity (Wildman–Crippen MR) is 129 cm³/mol. The summed E-state index contributed by atoms with van der Waals surface area (Å²) in [6.07, 6.45) is -4.84. The van der Waals surface area contributed by atoms with Gasteiger partial charge in [0, 0.05) is 5.02 Å². The number of hydrogen-bond donors (Lipinski definition) is 1. The Labute approximate surface area is 210 Å². The number of carbonyl (C=O) groups excluding carboxylic acids is 1. The molecule has 12 heteroatoms. The van der Waals surface area contributed by atoms with Gasteiger partial charge >= 0.3 is 6.18 Å². The van der Waals surface area contributed by atoms with Crippen LogP contribution in [0.5, 0.6) is 0 Å². The van der Waals surface area contributed by atoms with Crippen LogP contribution >= 0.6 is 23.2 Å². The van der Waals surface area contributed by atoms with Crippen molar-refractivity contribution in [2.45, 2.75) is 18.0 Å². The molecule has 1 N–H and O–H groups in total. The van der Waals surface area contributed by atoms with Crippen LogP contribution in [0.25, 0.3) is 0 Å². The molecule has 0 fully saturated rings. The van der Waals surface area contributed by atoms with Gasteiger partial charge in [0.2, 0.25) is 0 Å². The number of hydrogen-bond acceptors (Lipinski definition) is 4.